The molecule has 1 atom stereocenters. The van der Waals surface area contributed by atoms with E-state index in [4.69, 9.17) is 4.98 Å². The first kappa shape index (κ1) is 11.7. The van der Waals surface area contributed by atoms with Crippen molar-refractivity contribution >= 4 is 11.3 Å². The summed E-state index contributed by atoms with van der Waals surface area (Å²) in [7, 11) is 0. The molecule has 0 amide bonds. The van der Waals surface area contributed by atoms with Gasteiger partial charge in [-0.1, -0.05) is 13.3 Å². The van der Waals surface area contributed by atoms with Gasteiger partial charge in [-0.2, -0.15) is 0 Å². The highest BCUT2D eigenvalue weighted by atomic mass is 32.1. The maximum Gasteiger partial charge on any atom is 0.110 e. The molecule has 94 valence electrons. The van der Waals surface area contributed by atoms with Gasteiger partial charge in [0.15, 0.2) is 0 Å². The Morgan fingerprint density at radius 2 is 2.24 bits per heavy atom. The molecule has 0 saturated heterocycles. The third-order valence-electron chi connectivity index (χ3n) is 4.11. The van der Waals surface area contributed by atoms with Crippen molar-refractivity contribution in [2.75, 3.05) is 6.54 Å². The summed E-state index contributed by atoms with van der Waals surface area (Å²) in [5, 5.41) is 5.11. The quantitative estimate of drug-likeness (QED) is 0.865. The standard InChI is InChI=1S/C14H22N2S/c1-2-9-15-13(10-5-3-6-10)14-16-11-7-4-8-12(11)17-14/h10,13,15H,2-9H2,1H3. The summed E-state index contributed by atoms with van der Waals surface area (Å²) in [4.78, 5) is 6.47. The van der Waals surface area contributed by atoms with Crippen molar-refractivity contribution in [1.29, 1.82) is 0 Å². The molecular formula is C14H22N2S. The van der Waals surface area contributed by atoms with E-state index in [0.717, 1.165) is 12.5 Å². The molecule has 1 aromatic heterocycles. The Hall–Kier alpha value is -0.410. The van der Waals surface area contributed by atoms with Crippen LogP contribution in [-0.2, 0) is 12.8 Å². The Labute approximate surface area is 108 Å². The van der Waals surface area contributed by atoms with E-state index >= 15 is 0 Å². The minimum Gasteiger partial charge on any atom is -0.308 e. The Kier molecular flexibility index (Phi) is 3.48. The predicted molar refractivity (Wildman–Crippen MR) is 72.5 cm³/mol. The molecule has 17 heavy (non-hydrogen) atoms. The molecule has 2 aliphatic rings. The summed E-state index contributed by atoms with van der Waals surface area (Å²) in [5.74, 6) is 0.854. The van der Waals surface area contributed by atoms with Crippen molar-refractivity contribution in [3.63, 3.8) is 0 Å². The van der Waals surface area contributed by atoms with E-state index in [1.807, 2.05) is 11.3 Å². The van der Waals surface area contributed by atoms with Gasteiger partial charge in [-0.05, 0) is 51.0 Å². The number of nitrogens with zero attached hydrogens (tertiary/aromatic N) is 1. The van der Waals surface area contributed by atoms with E-state index in [1.54, 1.807) is 4.88 Å². The second-order valence-electron chi connectivity index (χ2n) is 5.40. The molecule has 0 bridgehead atoms. The summed E-state index contributed by atoms with van der Waals surface area (Å²) in [6.45, 7) is 3.37. The third kappa shape index (κ3) is 2.27. The fourth-order valence-corrected chi connectivity index (χ4v) is 4.19. The lowest BCUT2D eigenvalue weighted by Gasteiger charge is -2.33. The minimum atomic E-state index is 0.555. The predicted octanol–water partition coefficient (Wildman–Crippen LogP) is 3.47. The fourth-order valence-electron chi connectivity index (χ4n) is 2.87. The molecule has 1 unspecified atom stereocenters. The van der Waals surface area contributed by atoms with Crippen molar-refractivity contribution in [1.82, 2.24) is 10.3 Å². The summed E-state index contributed by atoms with van der Waals surface area (Å²) < 4.78 is 0. The molecule has 3 rings (SSSR count). The maximum absolute atomic E-state index is 4.90. The number of aryl methyl sites for hydroxylation is 2. The van der Waals surface area contributed by atoms with Gasteiger partial charge >= 0.3 is 0 Å². The second kappa shape index (κ2) is 5.07. The topological polar surface area (TPSA) is 24.9 Å². The fraction of sp³-hybridized carbons (Fsp3) is 0.786. The number of hydrogen-bond acceptors (Lipinski definition) is 3. The van der Waals surface area contributed by atoms with Crippen LogP contribution in [-0.4, -0.2) is 11.5 Å². The molecule has 0 aromatic carbocycles. The molecule has 1 saturated carbocycles. The van der Waals surface area contributed by atoms with Crippen molar-refractivity contribution in [2.24, 2.45) is 5.92 Å². The van der Waals surface area contributed by atoms with Gasteiger partial charge in [-0.3, -0.25) is 0 Å². The minimum absolute atomic E-state index is 0.555. The lowest BCUT2D eigenvalue weighted by atomic mass is 9.80. The van der Waals surface area contributed by atoms with Crippen molar-refractivity contribution < 1.29 is 0 Å². The lowest BCUT2D eigenvalue weighted by Crippen LogP contribution is -2.32. The third-order valence-corrected chi connectivity index (χ3v) is 5.35. The van der Waals surface area contributed by atoms with Crippen LogP contribution >= 0.6 is 11.3 Å². The summed E-state index contributed by atoms with van der Waals surface area (Å²) >= 11 is 1.98. The van der Waals surface area contributed by atoms with Crippen LogP contribution in [0.4, 0.5) is 0 Å². The highest BCUT2D eigenvalue weighted by Crippen LogP contribution is 2.40. The zero-order chi connectivity index (χ0) is 11.7. The van der Waals surface area contributed by atoms with E-state index in [1.165, 1.54) is 55.6 Å². The van der Waals surface area contributed by atoms with Gasteiger partial charge in [0.05, 0.1) is 11.7 Å². The van der Waals surface area contributed by atoms with E-state index in [2.05, 4.69) is 12.2 Å². The van der Waals surface area contributed by atoms with Gasteiger partial charge in [0.1, 0.15) is 5.01 Å². The molecule has 3 heteroatoms. The average molecular weight is 250 g/mol. The number of fused-ring (bicyclic) bond motifs is 1. The molecule has 0 radical (unpaired) electrons. The Bertz CT molecular complexity index is 360. The number of hydrogen-bond donors (Lipinski definition) is 1. The average Bonchev–Trinajstić information content (AvgIpc) is 2.80. The Balaban J connectivity index is 1.76. The van der Waals surface area contributed by atoms with Crippen molar-refractivity contribution in [3.8, 4) is 0 Å². The van der Waals surface area contributed by atoms with Gasteiger partial charge in [0.25, 0.3) is 0 Å². The molecule has 0 aliphatic heterocycles. The molecule has 2 aliphatic carbocycles. The lowest BCUT2D eigenvalue weighted by molar-refractivity contribution is 0.230. The van der Waals surface area contributed by atoms with Crippen molar-refractivity contribution in [2.45, 2.75) is 57.9 Å². The van der Waals surface area contributed by atoms with Crippen LogP contribution in [0, 0.1) is 5.92 Å². The van der Waals surface area contributed by atoms with Crippen LogP contribution in [0.5, 0.6) is 0 Å². The van der Waals surface area contributed by atoms with Crippen LogP contribution in [0.15, 0.2) is 0 Å². The smallest absolute Gasteiger partial charge is 0.110 e. The van der Waals surface area contributed by atoms with E-state index in [9.17, 15) is 0 Å². The van der Waals surface area contributed by atoms with Gasteiger partial charge < -0.3 is 5.32 Å². The van der Waals surface area contributed by atoms with Gasteiger partial charge in [-0.25, -0.2) is 4.98 Å². The van der Waals surface area contributed by atoms with Gasteiger partial charge in [-0.15, -0.1) is 11.3 Å². The molecular weight excluding hydrogens is 228 g/mol. The summed E-state index contributed by atoms with van der Waals surface area (Å²) in [6.07, 6.45) is 9.24. The molecule has 1 aromatic rings. The summed E-state index contributed by atoms with van der Waals surface area (Å²) in [5.41, 5.74) is 1.41. The number of rotatable bonds is 5. The summed E-state index contributed by atoms with van der Waals surface area (Å²) in [6, 6.07) is 0.555. The zero-order valence-corrected chi connectivity index (χ0v) is 11.5. The molecule has 1 heterocycles. The number of nitrogens with one attached hydrogen (secondary N) is 1. The van der Waals surface area contributed by atoms with E-state index in [0.29, 0.717) is 6.04 Å². The van der Waals surface area contributed by atoms with Crippen LogP contribution in [0.25, 0.3) is 0 Å². The maximum atomic E-state index is 4.90. The molecule has 1 N–H and O–H groups in total. The highest BCUT2D eigenvalue weighted by Gasteiger charge is 2.31. The zero-order valence-electron chi connectivity index (χ0n) is 10.7. The van der Waals surface area contributed by atoms with Crippen LogP contribution < -0.4 is 5.32 Å². The largest absolute Gasteiger partial charge is 0.308 e. The monoisotopic (exact) mass is 250 g/mol. The number of thiazole rings is 1. The normalized spacial score (nSPS) is 21.2. The Morgan fingerprint density at radius 3 is 2.88 bits per heavy atom. The SMILES string of the molecule is CCCNC(c1nc2c(s1)CCC2)C1CCC1. The molecule has 2 nitrogen and oxygen atoms in total. The van der Waals surface area contributed by atoms with Gasteiger partial charge in [0.2, 0.25) is 0 Å². The second-order valence-corrected chi connectivity index (χ2v) is 6.51. The highest BCUT2D eigenvalue weighted by molar-refractivity contribution is 7.11. The van der Waals surface area contributed by atoms with Crippen LogP contribution in [0.3, 0.4) is 0 Å². The first-order valence-electron chi connectivity index (χ1n) is 7.10. The van der Waals surface area contributed by atoms with E-state index in [-0.39, 0.29) is 0 Å². The number of aromatic nitrogens is 1. The molecule has 1 fully saturated rings. The molecule has 0 spiro atoms. The first-order valence-corrected chi connectivity index (χ1v) is 7.92. The van der Waals surface area contributed by atoms with Crippen LogP contribution in [0.1, 0.15) is 60.6 Å². The van der Waals surface area contributed by atoms with Crippen molar-refractivity contribution in [3.05, 3.63) is 15.6 Å². The van der Waals surface area contributed by atoms with Crippen LogP contribution in [0.2, 0.25) is 0 Å². The Morgan fingerprint density at radius 1 is 1.35 bits per heavy atom. The van der Waals surface area contributed by atoms with Gasteiger partial charge in [0, 0.05) is 4.88 Å². The first-order chi connectivity index (χ1) is 8.38. The van der Waals surface area contributed by atoms with E-state index < -0.39 is 0 Å².